The Hall–Kier alpha value is -1.66. The lowest BCUT2D eigenvalue weighted by molar-refractivity contribution is -0.125. The van der Waals surface area contributed by atoms with Crippen molar-refractivity contribution in [2.45, 2.75) is 13.3 Å². The third-order valence-electron chi connectivity index (χ3n) is 3.88. The van der Waals surface area contributed by atoms with Crippen molar-refractivity contribution >= 4 is 32.6 Å². The van der Waals surface area contributed by atoms with Gasteiger partial charge in [0.2, 0.25) is 5.91 Å². The van der Waals surface area contributed by atoms with E-state index in [1.54, 1.807) is 18.4 Å². The molecule has 1 N–H and O–H groups in total. The van der Waals surface area contributed by atoms with Crippen molar-refractivity contribution in [1.82, 2.24) is 10.3 Å². The average molecular weight is 319 g/mol. The second-order valence-corrected chi connectivity index (χ2v) is 6.72. The molecule has 0 radical (unpaired) electrons. The molecule has 1 aliphatic heterocycles. The van der Waals surface area contributed by atoms with Gasteiger partial charge < -0.3 is 15.0 Å². The van der Waals surface area contributed by atoms with Gasteiger partial charge in [-0.05, 0) is 31.0 Å². The van der Waals surface area contributed by atoms with E-state index in [-0.39, 0.29) is 11.8 Å². The van der Waals surface area contributed by atoms with Crippen LogP contribution in [0.2, 0.25) is 0 Å². The number of aryl methyl sites for hydroxylation is 1. The van der Waals surface area contributed by atoms with Crippen LogP contribution < -0.4 is 10.2 Å². The van der Waals surface area contributed by atoms with Gasteiger partial charge in [-0.2, -0.15) is 0 Å². The first-order chi connectivity index (χ1) is 10.7. The SMILES string of the molecule is COCCCNC(=O)C1CN(c2nc3ccc(C)cc3s2)C1. The molecular formula is C16H21N3O2S. The van der Waals surface area contributed by atoms with Gasteiger partial charge in [0.05, 0.1) is 16.1 Å². The Labute approximate surface area is 134 Å². The molecule has 1 aromatic carbocycles. The predicted molar refractivity (Wildman–Crippen MR) is 89.6 cm³/mol. The lowest BCUT2D eigenvalue weighted by Crippen LogP contribution is -2.53. The maximum absolute atomic E-state index is 12.0. The summed E-state index contributed by atoms with van der Waals surface area (Å²) >= 11 is 1.70. The molecule has 0 saturated carbocycles. The summed E-state index contributed by atoms with van der Waals surface area (Å²) in [6.07, 6.45) is 0.857. The number of thiazole rings is 1. The minimum atomic E-state index is 0.0799. The van der Waals surface area contributed by atoms with E-state index in [4.69, 9.17) is 4.74 Å². The molecule has 2 heterocycles. The van der Waals surface area contributed by atoms with Gasteiger partial charge in [0, 0.05) is 33.4 Å². The highest BCUT2D eigenvalue weighted by molar-refractivity contribution is 7.22. The molecule has 1 aromatic heterocycles. The minimum Gasteiger partial charge on any atom is -0.385 e. The van der Waals surface area contributed by atoms with E-state index in [9.17, 15) is 4.79 Å². The zero-order valence-corrected chi connectivity index (χ0v) is 13.8. The number of hydrogen-bond acceptors (Lipinski definition) is 5. The van der Waals surface area contributed by atoms with Crippen molar-refractivity contribution < 1.29 is 9.53 Å². The maximum Gasteiger partial charge on any atom is 0.226 e. The molecule has 3 rings (SSSR count). The Kier molecular flexibility index (Phi) is 4.59. The summed E-state index contributed by atoms with van der Waals surface area (Å²) < 4.78 is 6.18. The number of fused-ring (bicyclic) bond motifs is 1. The number of aromatic nitrogens is 1. The number of anilines is 1. The second kappa shape index (κ2) is 6.62. The molecule has 0 atom stereocenters. The molecule has 1 fully saturated rings. The number of hydrogen-bond donors (Lipinski definition) is 1. The fourth-order valence-electron chi connectivity index (χ4n) is 2.53. The number of amides is 1. The molecule has 0 bridgehead atoms. The molecule has 5 nitrogen and oxygen atoms in total. The Balaban J connectivity index is 1.52. The summed E-state index contributed by atoms with van der Waals surface area (Å²) in [5.74, 6) is 0.223. The number of benzene rings is 1. The van der Waals surface area contributed by atoms with Crippen molar-refractivity contribution in [3.63, 3.8) is 0 Å². The highest BCUT2D eigenvalue weighted by Crippen LogP contribution is 2.33. The van der Waals surface area contributed by atoms with Gasteiger partial charge in [-0.3, -0.25) is 4.79 Å². The van der Waals surface area contributed by atoms with Crippen LogP contribution in [0.4, 0.5) is 5.13 Å². The highest BCUT2D eigenvalue weighted by Gasteiger charge is 2.34. The summed E-state index contributed by atoms with van der Waals surface area (Å²) in [6, 6.07) is 6.30. The molecule has 0 spiro atoms. The predicted octanol–water partition coefficient (Wildman–Crippen LogP) is 2.19. The normalized spacial score (nSPS) is 15.1. The van der Waals surface area contributed by atoms with Crippen LogP contribution in [0.1, 0.15) is 12.0 Å². The maximum atomic E-state index is 12.0. The fraction of sp³-hybridized carbons (Fsp3) is 0.500. The summed E-state index contributed by atoms with van der Waals surface area (Å²) in [5.41, 5.74) is 2.29. The van der Waals surface area contributed by atoms with Crippen LogP contribution in [-0.2, 0) is 9.53 Å². The first-order valence-electron chi connectivity index (χ1n) is 7.56. The molecule has 6 heteroatoms. The molecule has 1 aliphatic rings. The van der Waals surface area contributed by atoms with Gasteiger partial charge >= 0.3 is 0 Å². The van der Waals surface area contributed by atoms with Crippen molar-refractivity contribution in [2.24, 2.45) is 5.92 Å². The van der Waals surface area contributed by atoms with Crippen molar-refractivity contribution in [3.05, 3.63) is 23.8 Å². The molecule has 2 aromatic rings. The van der Waals surface area contributed by atoms with Gasteiger partial charge in [-0.25, -0.2) is 4.98 Å². The van der Waals surface area contributed by atoms with E-state index in [1.807, 2.05) is 0 Å². The smallest absolute Gasteiger partial charge is 0.226 e. The van der Waals surface area contributed by atoms with Gasteiger partial charge in [0.25, 0.3) is 0 Å². The van der Waals surface area contributed by atoms with E-state index in [1.165, 1.54) is 10.3 Å². The monoisotopic (exact) mass is 319 g/mol. The second-order valence-electron chi connectivity index (χ2n) is 5.71. The Morgan fingerprint density at radius 3 is 3.09 bits per heavy atom. The summed E-state index contributed by atoms with van der Waals surface area (Å²) in [5, 5.41) is 3.98. The molecule has 1 amide bonds. The Morgan fingerprint density at radius 1 is 1.50 bits per heavy atom. The van der Waals surface area contributed by atoms with Gasteiger partial charge in [-0.1, -0.05) is 17.4 Å². The average Bonchev–Trinajstić information content (AvgIpc) is 2.84. The van der Waals surface area contributed by atoms with Crippen LogP contribution in [0.15, 0.2) is 18.2 Å². The summed E-state index contributed by atoms with van der Waals surface area (Å²) in [6.45, 7) is 4.97. The van der Waals surface area contributed by atoms with Crippen LogP contribution in [0.5, 0.6) is 0 Å². The van der Waals surface area contributed by atoms with E-state index < -0.39 is 0 Å². The van der Waals surface area contributed by atoms with Gasteiger partial charge in [0.15, 0.2) is 5.13 Å². The Bertz CT molecular complexity index is 664. The van der Waals surface area contributed by atoms with Crippen LogP contribution in [0.3, 0.4) is 0 Å². The van der Waals surface area contributed by atoms with Crippen molar-refractivity contribution in [2.75, 3.05) is 38.3 Å². The van der Waals surface area contributed by atoms with E-state index >= 15 is 0 Å². The molecule has 1 saturated heterocycles. The molecule has 22 heavy (non-hydrogen) atoms. The first-order valence-corrected chi connectivity index (χ1v) is 8.38. The number of carbonyl (C=O) groups excluding carboxylic acids is 1. The lowest BCUT2D eigenvalue weighted by Gasteiger charge is -2.37. The molecule has 0 aliphatic carbocycles. The third-order valence-corrected chi connectivity index (χ3v) is 4.96. The molecule has 0 unspecified atom stereocenters. The fourth-order valence-corrected chi connectivity index (χ4v) is 3.61. The zero-order chi connectivity index (χ0) is 15.5. The summed E-state index contributed by atoms with van der Waals surface area (Å²) in [7, 11) is 1.67. The van der Waals surface area contributed by atoms with Gasteiger partial charge in [-0.15, -0.1) is 0 Å². The van der Waals surface area contributed by atoms with Crippen LogP contribution in [0.25, 0.3) is 10.2 Å². The largest absolute Gasteiger partial charge is 0.385 e. The van der Waals surface area contributed by atoms with Crippen LogP contribution >= 0.6 is 11.3 Å². The van der Waals surface area contributed by atoms with E-state index in [2.05, 4.69) is 40.3 Å². The Morgan fingerprint density at radius 2 is 2.32 bits per heavy atom. The quantitative estimate of drug-likeness (QED) is 0.829. The third kappa shape index (κ3) is 3.23. The number of rotatable bonds is 6. The lowest BCUT2D eigenvalue weighted by atomic mass is 10.00. The minimum absolute atomic E-state index is 0.0799. The van der Waals surface area contributed by atoms with Gasteiger partial charge in [0.1, 0.15) is 0 Å². The van der Waals surface area contributed by atoms with Crippen LogP contribution in [-0.4, -0.2) is 44.2 Å². The first kappa shape index (κ1) is 15.2. The number of nitrogens with zero attached hydrogens (tertiary/aromatic N) is 2. The van der Waals surface area contributed by atoms with Crippen molar-refractivity contribution in [1.29, 1.82) is 0 Å². The molecular weight excluding hydrogens is 298 g/mol. The standard InChI is InChI=1S/C16H21N3O2S/c1-11-4-5-13-14(8-11)22-16(18-13)19-9-12(10-19)15(20)17-6-3-7-21-2/h4-5,8,12H,3,6-7,9-10H2,1-2H3,(H,17,20). The number of methoxy groups -OCH3 is 1. The molecule has 118 valence electrons. The zero-order valence-electron chi connectivity index (χ0n) is 13.0. The van der Waals surface area contributed by atoms with E-state index in [0.717, 1.165) is 30.2 Å². The number of nitrogens with one attached hydrogen (secondary N) is 1. The number of ether oxygens (including phenoxy) is 1. The van der Waals surface area contributed by atoms with E-state index in [0.29, 0.717) is 13.2 Å². The van der Waals surface area contributed by atoms with Crippen molar-refractivity contribution in [3.8, 4) is 0 Å². The highest BCUT2D eigenvalue weighted by atomic mass is 32.1. The number of carbonyl (C=O) groups is 1. The summed E-state index contributed by atoms with van der Waals surface area (Å²) in [4.78, 5) is 18.8. The topological polar surface area (TPSA) is 54.5 Å². The van der Waals surface area contributed by atoms with Crippen LogP contribution in [0, 0.1) is 12.8 Å².